The maximum atomic E-state index is 12.0. The number of aryl methyl sites for hydroxylation is 1. The summed E-state index contributed by atoms with van der Waals surface area (Å²) in [5, 5.41) is 10.5. The summed E-state index contributed by atoms with van der Waals surface area (Å²) < 4.78 is 39.7. The van der Waals surface area contributed by atoms with Crippen LogP contribution in [0.2, 0.25) is 0 Å². The highest BCUT2D eigenvalue weighted by molar-refractivity contribution is 5.48. The molecule has 0 radical (unpaired) electrons. The Bertz CT molecular complexity index is 429. The second kappa shape index (κ2) is 3.99. The topological polar surface area (TPSA) is 52.4 Å². The van der Waals surface area contributed by atoms with Gasteiger partial charge in [-0.3, -0.25) is 10.1 Å². The number of alkyl halides is 3. The van der Waals surface area contributed by atoms with Crippen LogP contribution in [-0.2, 0) is 0 Å². The molecular formula is C9H8F3NO3. The van der Waals surface area contributed by atoms with Crippen LogP contribution in [0.4, 0.5) is 18.9 Å². The van der Waals surface area contributed by atoms with Crippen molar-refractivity contribution in [2.24, 2.45) is 0 Å². The molecule has 0 bridgehead atoms. The van der Waals surface area contributed by atoms with Crippen molar-refractivity contribution >= 4 is 5.69 Å². The van der Waals surface area contributed by atoms with Gasteiger partial charge in [-0.15, -0.1) is 13.2 Å². The Balaban J connectivity index is 3.22. The van der Waals surface area contributed by atoms with E-state index < -0.39 is 22.7 Å². The lowest BCUT2D eigenvalue weighted by Gasteiger charge is -2.12. The van der Waals surface area contributed by atoms with Crippen molar-refractivity contribution in [3.8, 4) is 5.75 Å². The molecule has 0 saturated heterocycles. The summed E-state index contributed by atoms with van der Waals surface area (Å²) in [6, 6.07) is 1.95. The number of nitrogens with zero attached hydrogens (tertiary/aromatic N) is 1. The fraction of sp³-hybridized carbons (Fsp3) is 0.333. The van der Waals surface area contributed by atoms with Crippen LogP contribution in [0.1, 0.15) is 11.1 Å². The smallest absolute Gasteiger partial charge is 0.405 e. The van der Waals surface area contributed by atoms with Crippen molar-refractivity contribution < 1.29 is 22.8 Å². The molecule has 4 nitrogen and oxygen atoms in total. The fourth-order valence-electron chi connectivity index (χ4n) is 1.14. The van der Waals surface area contributed by atoms with Crippen LogP contribution in [0.5, 0.6) is 5.75 Å². The standard InChI is InChI=1S/C9H8F3NO3/c1-5-3-7(13(14)15)4-8(6(5)2)16-9(10,11)12/h3-4H,1-2H3. The van der Waals surface area contributed by atoms with Crippen molar-refractivity contribution in [1.29, 1.82) is 0 Å². The van der Waals surface area contributed by atoms with E-state index in [2.05, 4.69) is 4.74 Å². The predicted molar refractivity (Wildman–Crippen MR) is 49.3 cm³/mol. The third kappa shape index (κ3) is 2.85. The molecule has 0 aliphatic carbocycles. The summed E-state index contributed by atoms with van der Waals surface area (Å²) in [5.41, 5.74) is 0.165. The highest BCUT2D eigenvalue weighted by Crippen LogP contribution is 2.31. The number of halogens is 3. The minimum atomic E-state index is -4.85. The van der Waals surface area contributed by atoms with E-state index in [4.69, 9.17) is 0 Å². The zero-order valence-corrected chi connectivity index (χ0v) is 8.46. The van der Waals surface area contributed by atoms with Crippen LogP contribution in [-0.4, -0.2) is 11.3 Å². The number of benzene rings is 1. The zero-order valence-electron chi connectivity index (χ0n) is 8.46. The van der Waals surface area contributed by atoms with Crippen molar-refractivity contribution in [3.05, 3.63) is 33.4 Å². The molecule has 0 heterocycles. The van der Waals surface area contributed by atoms with Gasteiger partial charge >= 0.3 is 6.36 Å². The van der Waals surface area contributed by atoms with Gasteiger partial charge in [0.1, 0.15) is 5.75 Å². The number of non-ortho nitro benzene ring substituents is 1. The van der Waals surface area contributed by atoms with Gasteiger partial charge in [0, 0.05) is 6.07 Å². The van der Waals surface area contributed by atoms with Gasteiger partial charge in [0.2, 0.25) is 0 Å². The van der Waals surface area contributed by atoms with Crippen LogP contribution in [0.3, 0.4) is 0 Å². The molecule has 0 fully saturated rings. The second-order valence-corrected chi connectivity index (χ2v) is 3.19. The lowest BCUT2D eigenvalue weighted by Crippen LogP contribution is -2.18. The van der Waals surface area contributed by atoms with E-state index in [1.807, 2.05) is 0 Å². The third-order valence-electron chi connectivity index (χ3n) is 2.04. The molecule has 0 aliphatic rings. The number of hydrogen-bond donors (Lipinski definition) is 0. The largest absolute Gasteiger partial charge is 0.573 e. The number of rotatable bonds is 2. The molecule has 16 heavy (non-hydrogen) atoms. The Labute approximate surface area is 88.8 Å². The maximum absolute atomic E-state index is 12.0. The molecule has 1 aromatic rings. The summed E-state index contributed by atoms with van der Waals surface area (Å²) in [5.74, 6) is -0.542. The van der Waals surface area contributed by atoms with Crippen molar-refractivity contribution in [2.75, 3.05) is 0 Å². The van der Waals surface area contributed by atoms with Crippen molar-refractivity contribution in [1.82, 2.24) is 0 Å². The lowest BCUT2D eigenvalue weighted by molar-refractivity contribution is -0.385. The first kappa shape index (κ1) is 12.3. The van der Waals surface area contributed by atoms with Gasteiger partial charge in [0.15, 0.2) is 0 Å². The molecule has 0 aliphatic heterocycles. The number of ether oxygens (including phenoxy) is 1. The zero-order chi connectivity index (χ0) is 12.5. The summed E-state index contributed by atoms with van der Waals surface area (Å²) in [6.45, 7) is 2.88. The lowest BCUT2D eigenvalue weighted by atomic mass is 10.1. The Morgan fingerprint density at radius 1 is 1.31 bits per heavy atom. The van der Waals surface area contributed by atoms with Gasteiger partial charge in [-0.05, 0) is 25.0 Å². The van der Waals surface area contributed by atoms with Crippen molar-refractivity contribution in [3.63, 3.8) is 0 Å². The molecule has 0 atom stereocenters. The number of hydrogen-bond acceptors (Lipinski definition) is 3. The molecule has 1 aromatic carbocycles. The monoisotopic (exact) mass is 235 g/mol. The molecule has 0 N–H and O–H groups in total. The van der Waals surface area contributed by atoms with Gasteiger partial charge in [-0.1, -0.05) is 0 Å². The Kier molecular flexibility index (Phi) is 3.06. The SMILES string of the molecule is Cc1cc([N+](=O)[O-])cc(OC(F)(F)F)c1C. The Morgan fingerprint density at radius 3 is 2.31 bits per heavy atom. The number of nitro benzene ring substituents is 1. The van der Waals surface area contributed by atoms with E-state index in [1.165, 1.54) is 19.9 Å². The van der Waals surface area contributed by atoms with E-state index in [0.717, 1.165) is 6.07 Å². The van der Waals surface area contributed by atoms with Gasteiger partial charge in [0.05, 0.1) is 11.0 Å². The second-order valence-electron chi connectivity index (χ2n) is 3.19. The predicted octanol–water partition coefficient (Wildman–Crippen LogP) is 3.11. The average molecular weight is 235 g/mol. The third-order valence-corrected chi connectivity index (χ3v) is 2.04. The van der Waals surface area contributed by atoms with E-state index in [1.54, 1.807) is 0 Å². The summed E-state index contributed by atoms with van der Waals surface area (Å²) in [6.07, 6.45) is -4.85. The summed E-state index contributed by atoms with van der Waals surface area (Å²) >= 11 is 0. The van der Waals surface area contributed by atoms with Gasteiger partial charge in [-0.25, -0.2) is 0 Å². The quantitative estimate of drug-likeness (QED) is 0.584. The van der Waals surface area contributed by atoms with E-state index in [9.17, 15) is 23.3 Å². The summed E-state index contributed by atoms with van der Waals surface area (Å²) in [7, 11) is 0. The highest BCUT2D eigenvalue weighted by Gasteiger charge is 2.32. The molecule has 0 aromatic heterocycles. The van der Waals surface area contributed by atoms with Gasteiger partial charge in [0.25, 0.3) is 5.69 Å². The van der Waals surface area contributed by atoms with Crippen LogP contribution in [0.15, 0.2) is 12.1 Å². The fourth-order valence-corrected chi connectivity index (χ4v) is 1.14. The maximum Gasteiger partial charge on any atom is 0.573 e. The normalized spacial score (nSPS) is 11.3. The highest BCUT2D eigenvalue weighted by atomic mass is 19.4. The molecular weight excluding hydrogens is 227 g/mol. The Hall–Kier alpha value is -1.79. The first-order valence-electron chi connectivity index (χ1n) is 4.22. The molecule has 7 heteroatoms. The first-order chi connectivity index (χ1) is 7.20. The minimum Gasteiger partial charge on any atom is -0.405 e. The van der Waals surface area contributed by atoms with E-state index >= 15 is 0 Å². The molecule has 88 valence electrons. The van der Waals surface area contributed by atoms with Crippen molar-refractivity contribution in [2.45, 2.75) is 20.2 Å². The van der Waals surface area contributed by atoms with Crippen LogP contribution < -0.4 is 4.74 Å². The Morgan fingerprint density at radius 2 is 1.88 bits per heavy atom. The van der Waals surface area contributed by atoms with Crippen LogP contribution >= 0.6 is 0 Å². The van der Waals surface area contributed by atoms with Gasteiger partial charge < -0.3 is 4.74 Å². The first-order valence-corrected chi connectivity index (χ1v) is 4.22. The average Bonchev–Trinajstić information content (AvgIpc) is 2.10. The molecule has 0 spiro atoms. The van der Waals surface area contributed by atoms with Gasteiger partial charge in [-0.2, -0.15) is 0 Å². The van der Waals surface area contributed by atoms with E-state index in [-0.39, 0.29) is 5.56 Å². The van der Waals surface area contributed by atoms with Crippen LogP contribution in [0.25, 0.3) is 0 Å². The minimum absolute atomic E-state index is 0.225. The molecule has 0 amide bonds. The molecule has 0 unspecified atom stereocenters. The summed E-state index contributed by atoms with van der Waals surface area (Å²) in [4.78, 5) is 9.68. The van der Waals surface area contributed by atoms with E-state index in [0.29, 0.717) is 5.56 Å². The molecule has 0 saturated carbocycles. The number of nitro groups is 1. The molecule has 1 rings (SSSR count). The van der Waals surface area contributed by atoms with Crippen LogP contribution in [0, 0.1) is 24.0 Å².